The molecule has 0 unspecified atom stereocenters. The molecule has 0 radical (unpaired) electrons. The first-order valence-electron chi connectivity index (χ1n) is 0.651. The topological polar surface area (TPSA) is 57.5 Å². The number of hydrogen-bond donors (Lipinski definition) is 2. The molecule has 3 nitrogen and oxygen atoms in total. The third-order valence-electron chi connectivity index (χ3n) is 0. The summed E-state index contributed by atoms with van der Waals surface area (Å²) in [6, 6.07) is 0. The molecule has 0 amide bonds. The zero-order valence-electron chi connectivity index (χ0n) is 4.51. The summed E-state index contributed by atoms with van der Waals surface area (Å²) in [4.78, 5) is 8.56. The van der Waals surface area contributed by atoms with Crippen molar-refractivity contribution in [2.75, 3.05) is 0 Å². The molecule has 0 saturated heterocycles. The summed E-state index contributed by atoms with van der Waals surface area (Å²) < 4.78 is 0. The average molecular weight is 90.0 g/mol. The van der Waals surface area contributed by atoms with Crippen molar-refractivity contribution in [3.63, 3.8) is 0 Å². The van der Waals surface area contributed by atoms with Gasteiger partial charge < -0.3 is 11.6 Å². The van der Waals surface area contributed by atoms with Crippen LogP contribution < -0.4 is 29.6 Å². The molecule has 0 aliphatic carbocycles. The molecule has 28 valence electrons. The minimum atomic E-state index is -1.83. The van der Waals surface area contributed by atoms with E-state index < -0.39 is 6.16 Å². The fraction of sp³-hybridized carbons (Fsp3) is 0. The number of hydrogen-bond acceptors (Lipinski definition) is 1. The van der Waals surface area contributed by atoms with Gasteiger partial charge in [-0.15, -0.1) is 0 Å². The van der Waals surface area contributed by atoms with Crippen molar-refractivity contribution < 1.29 is 52.1 Å². The fourth-order valence-corrected chi connectivity index (χ4v) is 0. The van der Waals surface area contributed by atoms with Crippen LogP contribution in [0.1, 0.15) is 1.43 Å². The molecular weight excluding hydrogens is 87.0 g/mol. The van der Waals surface area contributed by atoms with E-state index in [1.54, 1.807) is 0 Å². The van der Waals surface area contributed by atoms with Gasteiger partial charge in [-0.1, -0.05) is 0 Å². The van der Waals surface area contributed by atoms with E-state index in [1.165, 1.54) is 0 Å². The van der Waals surface area contributed by atoms with Gasteiger partial charge >= 0.3 is 35.7 Å². The zero-order valence-corrected chi connectivity index (χ0v) is 5.51. The number of carbonyl (C=O) groups is 1. The van der Waals surface area contributed by atoms with Gasteiger partial charge in [-0.25, -0.2) is 4.79 Å². The van der Waals surface area contributed by atoms with Crippen LogP contribution in [0.25, 0.3) is 0 Å². The maximum atomic E-state index is 8.56. The Hall–Kier alpha value is 0.179. The summed E-state index contributed by atoms with van der Waals surface area (Å²) >= 11 is 0. The molecule has 0 rings (SSSR count). The number of rotatable bonds is 0. The molecule has 0 atom stereocenters. The van der Waals surface area contributed by atoms with Crippen molar-refractivity contribution in [1.29, 1.82) is 0 Å². The molecule has 0 aromatic heterocycles. The first-order valence-corrected chi connectivity index (χ1v) is 0.651. The molecule has 0 aromatic carbocycles. The van der Waals surface area contributed by atoms with Crippen LogP contribution in [0, 0.1) is 6.15 Å². The van der Waals surface area contributed by atoms with E-state index in [-0.39, 0.29) is 37.1 Å². The summed E-state index contributed by atoms with van der Waals surface area (Å²) in [7, 11) is 0. The second kappa shape index (κ2) is 8.95. The van der Waals surface area contributed by atoms with Crippen molar-refractivity contribution in [3.05, 3.63) is 0 Å². The fourth-order valence-electron chi connectivity index (χ4n) is 0. The van der Waals surface area contributed by atoms with Crippen LogP contribution in [-0.4, -0.2) is 16.4 Å². The summed E-state index contributed by atoms with van der Waals surface area (Å²) in [6.45, 7) is 0. The smallest absolute Gasteiger partial charge is 1.00 e. The van der Waals surface area contributed by atoms with Crippen molar-refractivity contribution in [1.82, 2.24) is 0 Å². The summed E-state index contributed by atoms with van der Waals surface area (Å²) in [5.74, 6) is 0. The molecule has 0 heterocycles. The second-order valence-corrected chi connectivity index (χ2v) is 0.283. The van der Waals surface area contributed by atoms with E-state index in [9.17, 15) is 0 Å². The molecule has 0 bridgehead atoms. The number of carboxylic acid groups (broad SMARTS) is 2. The molecular formula is CH3HeNaO3. The molecule has 5 heteroatoms. The van der Waals surface area contributed by atoms with E-state index in [0.29, 0.717) is 0 Å². The van der Waals surface area contributed by atoms with E-state index in [0.717, 1.165) is 0 Å². The summed E-state index contributed by atoms with van der Waals surface area (Å²) in [5, 5.41) is 13.9. The van der Waals surface area contributed by atoms with Gasteiger partial charge in [0.1, 0.15) is 0 Å². The quantitative estimate of drug-likeness (QED) is 0.319. The predicted octanol–water partition coefficient (Wildman–Crippen LogP) is -2.66. The van der Waals surface area contributed by atoms with Gasteiger partial charge in [0.2, 0.25) is 0 Å². The van der Waals surface area contributed by atoms with Crippen LogP contribution in [0.4, 0.5) is 4.79 Å². The van der Waals surface area contributed by atoms with Gasteiger partial charge in [0, 0.05) is 6.15 Å². The van der Waals surface area contributed by atoms with E-state index in [2.05, 4.69) is 0 Å². The Morgan fingerprint density at radius 2 is 1.50 bits per heavy atom. The Morgan fingerprint density at radius 3 is 1.50 bits per heavy atom. The van der Waals surface area contributed by atoms with Gasteiger partial charge in [-0.2, -0.15) is 0 Å². The maximum Gasteiger partial charge on any atom is 1.00 e. The average Bonchev–Trinajstić information content (AvgIpc) is 0.811. The molecule has 0 spiro atoms. The van der Waals surface area contributed by atoms with E-state index in [4.69, 9.17) is 15.0 Å². The molecule has 0 fully saturated rings. The SMILES string of the molecule is O=C(O)O.[H-].[He].[Na+]. The van der Waals surface area contributed by atoms with Crippen LogP contribution in [0.15, 0.2) is 0 Å². The van der Waals surface area contributed by atoms with Gasteiger partial charge in [-0.3, -0.25) is 0 Å². The van der Waals surface area contributed by atoms with Crippen molar-refractivity contribution in [2.24, 2.45) is 0 Å². The van der Waals surface area contributed by atoms with Crippen LogP contribution in [-0.2, 0) is 0 Å². The van der Waals surface area contributed by atoms with Crippen LogP contribution in [0.5, 0.6) is 0 Å². The third kappa shape index (κ3) is 1320. The van der Waals surface area contributed by atoms with Crippen molar-refractivity contribution in [3.8, 4) is 0 Å². The molecule has 2 N–H and O–H groups in total. The monoisotopic (exact) mass is 90.0 g/mol. The minimum Gasteiger partial charge on any atom is -1.00 e. The van der Waals surface area contributed by atoms with Crippen LogP contribution in [0.2, 0.25) is 0 Å². The molecule has 0 aliphatic heterocycles. The van der Waals surface area contributed by atoms with Gasteiger partial charge in [0.25, 0.3) is 0 Å². The first-order chi connectivity index (χ1) is 1.73. The summed E-state index contributed by atoms with van der Waals surface area (Å²) in [6.07, 6.45) is -1.83. The largest absolute Gasteiger partial charge is 1.00 e. The summed E-state index contributed by atoms with van der Waals surface area (Å²) in [5.41, 5.74) is 0. The first kappa shape index (κ1) is 16.4. The Labute approximate surface area is 58.5 Å². The molecule has 0 aliphatic rings. The van der Waals surface area contributed by atoms with E-state index >= 15 is 0 Å². The molecule has 6 heavy (non-hydrogen) atoms. The predicted molar refractivity (Wildman–Crippen MR) is 11.8 cm³/mol. The van der Waals surface area contributed by atoms with E-state index in [1.807, 2.05) is 0 Å². The Morgan fingerprint density at radius 1 is 1.50 bits per heavy atom. The van der Waals surface area contributed by atoms with Gasteiger partial charge in [0.05, 0.1) is 0 Å². The molecule has 0 saturated carbocycles. The molecule has 0 aromatic rings. The Bertz CT molecular complexity index is 37.9. The Kier molecular flexibility index (Phi) is 24.5. The Balaban J connectivity index is -0.0000000150. The zero-order chi connectivity index (χ0) is 3.58. The second-order valence-electron chi connectivity index (χ2n) is 0.283. The minimum absolute atomic E-state index is 0. The standard InChI is InChI=1S/CH2O3.He.Na.H/c2-1(3)4;;;/h(H2,2,3,4);;;/q;;+1;-1. The van der Waals surface area contributed by atoms with Gasteiger partial charge in [-0.05, 0) is 0 Å². The third-order valence-corrected chi connectivity index (χ3v) is 0. The normalized spacial score (nSPS) is 4.00. The van der Waals surface area contributed by atoms with Crippen LogP contribution >= 0.6 is 0 Å². The van der Waals surface area contributed by atoms with Gasteiger partial charge in [0.15, 0.2) is 0 Å². The maximum absolute atomic E-state index is 8.56. The van der Waals surface area contributed by atoms with Crippen LogP contribution in [0.3, 0.4) is 0 Å². The van der Waals surface area contributed by atoms with Crippen molar-refractivity contribution >= 4 is 6.16 Å². The van der Waals surface area contributed by atoms with Crippen molar-refractivity contribution in [2.45, 2.75) is 0 Å².